The highest BCUT2D eigenvalue weighted by atomic mass is 16.5. The summed E-state index contributed by atoms with van der Waals surface area (Å²) in [6.45, 7) is 6.03. The molecule has 0 saturated carbocycles. The van der Waals surface area contributed by atoms with Crippen LogP contribution >= 0.6 is 0 Å². The number of ether oxygens (including phenoxy) is 1. The molecule has 1 amide bonds. The van der Waals surface area contributed by atoms with E-state index in [1.807, 2.05) is 38.1 Å². The molecular weight excluding hydrogens is 330 g/mol. The maximum atomic E-state index is 12.5. The van der Waals surface area contributed by atoms with Crippen LogP contribution in [0.1, 0.15) is 25.0 Å². The second kappa shape index (κ2) is 9.04. The average Bonchev–Trinajstić information content (AvgIpc) is 2.62. The van der Waals surface area contributed by atoms with Crippen molar-refractivity contribution < 1.29 is 19.4 Å². The second-order valence-electron chi connectivity index (χ2n) is 6.35. The van der Waals surface area contributed by atoms with Crippen molar-refractivity contribution in [2.45, 2.75) is 27.2 Å². The summed E-state index contributed by atoms with van der Waals surface area (Å²) in [5.74, 6) is -2.49. The predicted octanol–water partition coefficient (Wildman–Crippen LogP) is 2.58. The summed E-state index contributed by atoms with van der Waals surface area (Å²) in [4.78, 5) is 24.1. The van der Waals surface area contributed by atoms with Crippen molar-refractivity contribution in [2.75, 3.05) is 11.9 Å². The largest absolute Gasteiger partial charge is 0.550 e. The Bertz CT molecular complexity index is 738. The van der Waals surface area contributed by atoms with Crippen LogP contribution in [0, 0.1) is 18.8 Å². The first-order valence-electron chi connectivity index (χ1n) is 8.70. The zero-order chi connectivity index (χ0) is 19.1. The van der Waals surface area contributed by atoms with Crippen LogP contribution in [0.4, 0.5) is 5.69 Å². The molecule has 0 bridgehead atoms. The van der Waals surface area contributed by atoms with Gasteiger partial charge in [-0.25, -0.2) is 0 Å². The van der Waals surface area contributed by atoms with E-state index in [0.29, 0.717) is 18.0 Å². The minimum atomic E-state index is -1.22. The van der Waals surface area contributed by atoms with Gasteiger partial charge in [0.05, 0.1) is 6.61 Å². The highest BCUT2D eigenvalue weighted by molar-refractivity contribution is 5.94. The number of hydrogen-bond donors (Lipinski definition) is 1. The third-order valence-corrected chi connectivity index (χ3v) is 4.33. The zero-order valence-electron chi connectivity index (χ0n) is 15.3. The van der Waals surface area contributed by atoms with Crippen LogP contribution in [0.25, 0.3) is 0 Å². The molecule has 26 heavy (non-hydrogen) atoms. The van der Waals surface area contributed by atoms with E-state index in [4.69, 9.17) is 4.74 Å². The highest BCUT2D eigenvalue weighted by Crippen LogP contribution is 2.21. The minimum absolute atomic E-state index is 0.250. The van der Waals surface area contributed by atoms with E-state index in [-0.39, 0.29) is 12.3 Å². The maximum absolute atomic E-state index is 12.5. The fourth-order valence-corrected chi connectivity index (χ4v) is 2.68. The first kappa shape index (κ1) is 19.5. The minimum Gasteiger partial charge on any atom is -0.550 e. The molecule has 0 saturated heterocycles. The summed E-state index contributed by atoms with van der Waals surface area (Å²) in [7, 11) is 0. The molecule has 0 spiro atoms. The van der Waals surface area contributed by atoms with Gasteiger partial charge in [0.1, 0.15) is 5.75 Å². The molecule has 2 atom stereocenters. The number of anilines is 1. The highest BCUT2D eigenvalue weighted by Gasteiger charge is 2.25. The molecular formula is C21H24NO4-. The molecule has 0 radical (unpaired) electrons. The number of carbonyl (C=O) groups is 2. The monoisotopic (exact) mass is 354 g/mol. The van der Waals surface area contributed by atoms with Crippen molar-refractivity contribution >= 4 is 17.6 Å². The molecule has 0 aliphatic carbocycles. The fraction of sp³-hybridized carbons (Fsp3) is 0.333. The molecule has 0 aromatic heterocycles. The van der Waals surface area contributed by atoms with Crippen molar-refractivity contribution in [3.05, 3.63) is 59.7 Å². The number of aliphatic carboxylic acids is 1. The van der Waals surface area contributed by atoms with Crippen LogP contribution in [0.5, 0.6) is 5.75 Å². The van der Waals surface area contributed by atoms with Gasteiger partial charge in [0.15, 0.2) is 0 Å². The fourth-order valence-electron chi connectivity index (χ4n) is 2.68. The molecule has 138 valence electrons. The number of nitrogens with one attached hydrogen (secondary N) is 1. The molecule has 1 N–H and O–H groups in total. The molecule has 5 nitrogen and oxygen atoms in total. The molecule has 0 unspecified atom stereocenters. The third kappa shape index (κ3) is 5.34. The van der Waals surface area contributed by atoms with Crippen LogP contribution in [0.15, 0.2) is 48.5 Å². The van der Waals surface area contributed by atoms with Gasteiger partial charge in [-0.05, 0) is 50.1 Å². The summed E-state index contributed by atoms with van der Waals surface area (Å²) in [6.07, 6.45) is 0.250. The molecule has 5 heteroatoms. The summed E-state index contributed by atoms with van der Waals surface area (Å²) >= 11 is 0. The van der Waals surface area contributed by atoms with Crippen LogP contribution in [-0.2, 0) is 16.0 Å². The lowest BCUT2D eigenvalue weighted by Gasteiger charge is -2.24. The number of carbonyl (C=O) groups excluding carboxylic acids is 2. The second-order valence-corrected chi connectivity index (χ2v) is 6.35. The molecule has 0 aliphatic heterocycles. The van der Waals surface area contributed by atoms with Crippen LogP contribution in [-0.4, -0.2) is 18.5 Å². The Morgan fingerprint density at radius 1 is 1.08 bits per heavy atom. The molecule has 0 fully saturated rings. The number of aryl methyl sites for hydroxylation is 1. The first-order valence-corrected chi connectivity index (χ1v) is 8.70. The topological polar surface area (TPSA) is 78.5 Å². The summed E-state index contributed by atoms with van der Waals surface area (Å²) in [5, 5.41) is 14.3. The Labute approximate surface area is 154 Å². The van der Waals surface area contributed by atoms with Gasteiger partial charge in [-0.3, -0.25) is 4.79 Å². The van der Waals surface area contributed by atoms with E-state index in [1.165, 1.54) is 0 Å². The SMILES string of the molecule is CCOc1ccc(NC(=O)[C@@H](C)[C@@H](Cc2ccc(C)cc2)C(=O)[O-])cc1. The van der Waals surface area contributed by atoms with E-state index in [9.17, 15) is 14.7 Å². The van der Waals surface area contributed by atoms with Gasteiger partial charge in [0, 0.05) is 23.5 Å². The first-order chi connectivity index (χ1) is 12.4. The quantitative estimate of drug-likeness (QED) is 0.790. The van der Waals surface area contributed by atoms with Crippen molar-refractivity contribution in [3.63, 3.8) is 0 Å². The van der Waals surface area contributed by atoms with Gasteiger partial charge in [-0.1, -0.05) is 36.8 Å². The number of carboxylic acid groups (broad SMARTS) is 1. The van der Waals surface area contributed by atoms with Gasteiger partial charge in [-0.2, -0.15) is 0 Å². The normalized spacial score (nSPS) is 12.9. The standard InChI is InChI=1S/C21H25NO4/c1-4-26-18-11-9-17(10-12-18)22-20(23)15(3)19(21(24)25)13-16-7-5-14(2)6-8-16/h5-12,15,19H,4,13H2,1-3H3,(H,22,23)(H,24,25)/p-1/t15-,19+/m0/s1. The van der Waals surface area contributed by atoms with Crippen LogP contribution in [0.2, 0.25) is 0 Å². The number of carboxylic acids is 1. The number of rotatable bonds is 8. The molecule has 2 rings (SSSR count). The van der Waals surface area contributed by atoms with Crippen molar-refractivity contribution in [1.29, 1.82) is 0 Å². The van der Waals surface area contributed by atoms with Gasteiger partial charge in [-0.15, -0.1) is 0 Å². The molecule has 0 heterocycles. The lowest BCUT2D eigenvalue weighted by Crippen LogP contribution is -2.40. The van der Waals surface area contributed by atoms with Gasteiger partial charge < -0.3 is 20.0 Å². The van der Waals surface area contributed by atoms with E-state index >= 15 is 0 Å². The van der Waals surface area contributed by atoms with Gasteiger partial charge in [0.2, 0.25) is 5.91 Å². The molecule has 2 aromatic carbocycles. The number of benzene rings is 2. The third-order valence-electron chi connectivity index (χ3n) is 4.33. The Hall–Kier alpha value is -2.82. The Morgan fingerprint density at radius 3 is 2.23 bits per heavy atom. The van der Waals surface area contributed by atoms with Crippen LogP contribution in [0.3, 0.4) is 0 Å². The smallest absolute Gasteiger partial charge is 0.227 e. The summed E-state index contributed by atoms with van der Waals surface area (Å²) in [6, 6.07) is 14.6. The van der Waals surface area contributed by atoms with Crippen LogP contribution < -0.4 is 15.2 Å². The predicted molar refractivity (Wildman–Crippen MR) is 98.8 cm³/mol. The van der Waals surface area contributed by atoms with Crippen molar-refractivity contribution in [2.24, 2.45) is 11.8 Å². The lowest BCUT2D eigenvalue weighted by molar-refractivity contribution is -0.312. The zero-order valence-corrected chi connectivity index (χ0v) is 15.3. The van der Waals surface area contributed by atoms with Crippen molar-refractivity contribution in [3.8, 4) is 5.75 Å². The Morgan fingerprint density at radius 2 is 1.69 bits per heavy atom. The number of hydrogen-bond acceptors (Lipinski definition) is 4. The van der Waals surface area contributed by atoms with E-state index in [0.717, 1.165) is 11.1 Å². The lowest BCUT2D eigenvalue weighted by atomic mass is 9.87. The number of amides is 1. The maximum Gasteiger partial charge on any atom is 0.227 e. The van der Waals surface area contributed by atoms with Gasteiger partial charge >= 0.3 is 0 Å². The van der Waals surface area contributed by atoms with Crippen molar-refractivity contribution in [1.82, 2.24) is 0 Å². The Kier molecular flexibility index (Phi) is 6.78. The summed E-state index contributed by atoms with van der Waals surface area (Å²) < 4.78 is 5.36. The Balaban J connectivity index is 2.04. The van der Waals surface area contributed by atoms with E-state index < -0.39 is 17.8 Å². The average molecular weight is 354 g/mol. The van der Waals surface area contributed by atoms with E-state index in [2.05, 4.69) is 5.32 Å². The summed E-state index contributed by atoms with van der Waals surface area (Å²) in [5.41, 5.74) is 2.56. The van der Waals surface area contributed by atoms with Gasteiger partial charge in [0.25, 0.3) is 0 Å². The molecule has 0 aliphatic rings. The molecule has 2 aromatic rings. The van der Waals surface area contributed by atoms with E-state index in [1.54, 1.807) is 31.2 Å².